The molecule has 1 N–H and O–H groups in total. The summed E-state index contributed by atoms with van der Waals surface area (Å²) in [6, 6.07) is 7.03. The lowest BCUT2D eigenvalue weighted by atomic mass is 10.0. The van der Waals surface area contributed by atoms with E-state index in [-0.39, 0.29) is 18.2 Å². The highest BCUT2D eigenvalue weighted by molar-refractivity contribution is 8.78. The van der Waals surface area contributed by atoms with Crippen molar-refractivity contribution in [2.45, 2.75) is 79.9 Å². The smallest absolute Gasteiger partial charge is 0.309 e. The Morgan fingerprint density at radius 1 is 1.19 bits per heavy atom. The molecule has 0 unspecified atom stereocenters. The third-order valence-electron chi connectivity index (χ3n) is 7.61. The fraction of sp³-hybridized carbons (Fsp3) is 0.500. The van der Waals surface area contributed by atoms with Gasteiger partial charge in [-0.2, -0.15) is 0 Å². The lowest BCUT2D eigenvalue weighted by Crippen LogP contribution is -2.76. The molecule has 8 nitrogen and oxygen atoms in total. The number of piperazine rings is 1. The van der Waals surface area contributed by atoms with Crippen molar-refractivity contribution in [3.05, 3.63) is 54.0 Å². The Labute approximate surface area is 217 Å². The van der Waals surface area contributed by atoms with Gasteiger partial charge in [0.2, 0.25) is 0 Å². The number of carbonyl (C=O) groups is 3. The molecule has 7 rings (SSSR count). The number of aliphatic hydroxyl groups is 1. The van der Waals surface area contributed by atoms with Crippen LogP contribution in [0.15, 0.2) is 48.4 Å². The van der Waals surface area contributed by atoms with Gasteiger partial charge in [-0.25, -0.2) is 0 Å². The molecule has 0 saturated carbocycles. The van der Waals surface area contributed by atoms with Gasteiger partial charge < -0.3 is 19.5 Å². The monoisotopic (exact) mass is 528 g/mol. The number of nitrogens with zero attached hydrogens (tertiary/aromatic N) is 2. The quantitative estimate of drug-likeness (QED) is 0.326. The van der Waals surface area contributed by atoms with Crippen molar-refractivity contribution in [2.75, 3.05) is 4.90 Å². The van der Waals surface area contributed by atoms with E-state index >= 15 is 0 Å². The molecule has 36 heavy (non-hydrogen) atoms. The summed E-state index contributed by atoms with van der Waals surface area (Å²) < 4.78 is 11.4. The third kappa shape index (κ3) is 3.37. The van der Waals surface area contributed by atoms with Crippen LogP contribution in [0.25, 0.3) is 0 Å². The van der Waals surface area contributed by atoms with E-state index in [4.69, 9.17) is 9.47 Å². The number of carbonyl (C=O) groups excluding carboxylic acids is 3. The second-order valence-corrected chi connectivity index (χ2v) is 12.6. The first-order valence-corrected chi connectivity index (χ1v) is 14.6. The molecular formula is C26H28N2O6S2. The van der Waals surface area contributed by atoms with E-state index in [9.17, 15) is 19.5 Å². The number of aliphatic hydroxyl groups excluding tert-OH is 1. The molecule has 2 bridgehead atoms. The highest BCUT2D eigenvalue weighted by atomic mass is 33.1. The third-order valence-corrected chi connectivity index (χ3v) is 11.2. The molecule has 6 aliphatic rings. The summed E-state index contributed by atoms with van der Waals surface area (Å²) >= 11 is 0. The topological polar surface area (TPSA) is 96.4 Å². The van der Waals surface area contributed by atoms with Crippen LogP contribution in [0.5, 0.6) is 0 Å². The Bertz CT molecular complexity index is 1190. The van der Waals surface area contributed by atoms with E-state index in [1.54, 1.807) is 22.1 Å². The fourth-order valence-electron chi connectivity index (χ4n) is 5.94. The van der Waals surface area contributed by atoms with Crippen molar-refractivity contribution in [1.29, 1.82) is 0 Å². The number of amides is 2. The Kier molecular flexibility index (Phi) is 5.88. The highest BCUT2D eigenvalue weighted by Crippen LogP contribution is 2.68. The molecule has 1 aromatic rings. The average molecular weight is 529 g/mol. The molecule has 6 heterocycles. The van der Waals surface area contributed by atoms with Gasteiger partial charge in [-0.15, -0.1) is 0 Å². The summed E-state index contributed by atoms with van der Waals surface area (Å²) in [5, 5.41) is 10.3. The van der Waals surface area contributed by atoms with E-state index in [0.717, 1.165) is 36.1 Å². The van der Waals surface area contributed by atoms with Gasteiger partial charge in [-0.1, -0.05) is 66.0 Å². The summed E-state index contributed by atoms with van der Waals surface area (Å²) in [4.78, 5) is 42.3. The summed E-state index contributed by atoms with van der Waals surface area (Å²) in [5.74, 6) is -0.802. The van der Waals surface area contributed by atoms with Crippen LogP contribution in [0, 0.1) is 0 Å². The Morgan fingerprint density at radius 2 is 2.00 bits per heavy atom. The Balaban J connectivity index is 1.29. The highest BCUT2D eigenvalue weighted by Gasteiger charge is 2.76. The van der Waals surface area contributed by atoms with Crippen LogP contribution in [0.1, 0.15) is 51.0 Å². The van der Waals surface area contributed by atoms with Gasteiger partial charge >= 0.3 is 5.97 Å². The van der Waals surface area contributed by atoms with Gasteiger partial charge in [-0.05, 0) is 29.7 Å². The maximum absolute atomic E-state index is 14.2. The maximum Gasteiger partial charge on any atom is 0.309 e. The molecule has 0 radical (unpaired) electrons. The molecule has 10 heteroatoms. The lowest BCUT2D eigenvalue weighted by Gasteiger charge is -2.57. The van der Waals surface area contributed by atoms with Crippen LogP contribution in [0.3, 0.4) is 0 Å². The number of hydrogen-bond donors (Lipinski definition) is 1. The van der Waals surface area contributed by atoms with Crippen molar-refractivity contribution in [2.24, 2.45) is 0 Å². The van der Waals surface area contributed by atoms with E-state index in [0.29, 0.717) is 19.3 Å². The Morgan fingerprint density at radius 3 is 2.83 bits per heavy atom. The maximum atomic E-state index is 14.2. The number of esters is 1. The molecule has 4 fully saturated rings. The first kappa shape index (κ1) is 23.9. The van der Waals surface area contributed by atoms with E-state index in [2.05, 4.69) is 6.92 Å². The molecule has 5 atom stereocenters. The molecule has 0 aliphatic carbocycles. The largest absolute Gasteiger partial charge is 0.473 e. The molecule has 2 amide bonds. The van der Waals surface area contributed by atoms with Gasteiger partial charge in [0, 0.05) is 18.5 Å². The Hall–Kier alpha value is -2.43. The normalized spacial score (nSPS) is 32.2. The number of para-hydroxylation sites is 1. The number of anilines is 1. The molecular weight excluding hydrogens is 500 g/mol. The lowest BCUT2D eigenvalue weighted by molar-refractivity contribution is -0.158. The summed E-state index contributed by atoms with van der Waals surface area (Å²) in [6.45, 7) is 2.08. The van der Waals surface area contributed by atoms with Crippen molar-refractivity contribution >= 4 is 45.1 Å². The van der Waals surface area contributed by atoms with Crippen LogP contribution in [0.4, 0.5) is 5.69 Å². The van der Waals surface area contributed by atoms with E-state index < -0.39 is 34.0 Å². The number of benzene rings is 1. The molecule has 190 valence electrons. The summed E-state index contributed by atoms with van der Waals surface area (Å²) in [5.41, 5.74) is 2.51. The van der Waals surface area contributed by atoms with E-state index in [1.165, 1.54) is 27.8 Å². The predicted molar refractivity (Wildman–Crippen MR) is 136 cm³/mol. The second-order valence-electron chi connectivity index (χ2n) is 9.94. The van der Waals surface area contributed by atoms with Gasteiger partial charge in [0.1, 0.15) is 6.10 Å². The predicted octanol–water partition coefficient (Wildman–Crippen LogP) is 3.65. The van der Waals surface area contributed by atoms with Gasteiger partial charge in [0.15, 0.2) is 9.74 Å². The molecule has 2 spiro atoms. The molecule has 1 aromatic carbocycles. The van der Waals surface area contributed by atoms with Crippen LogP contribution >= 0.6 is 21.6 Å². The van der Waals surface area contributed by atoms with Crippen molar-refractivity contribution in [1.82, 2.24) is 4.90 Å². The minimum Gasteiger partial charge on any atom is -0.473 e. The average Bonchev–Trinajstić information content (AvgIpc) is 3.31. The minimum atomic E-state index is -1.13. The first-order valence-electron chi connectivity index (χ1n) is 12.4. The SMILES string of the molecule is CCCCC[C@H](O)CC(=O)O[C@H]1C=COC=C2C[C@@]34SS[C@]5(Cc6ccccc6N5C3=O)C(=O)N4[C@@H]21. The van der Waals surface area contributed by atoms with Gasteiger partial charge in [0.25, 0.3) is 11.8 Å². The zero-order valence-electron chi connectivity index (χ0n) is 19.9. The zero-order chi connectivity index (χ0) is 25.1. The summed E-state index contributed by atoms with van der Waals surface area (Å²) in [6.07, 6.45) is 7.07. The van der Waals surface area contributed by atoms with Crippen molar-refractivity contribution in [3.63, 3.8) is 0 Å². The summed E-state index contributed by atoms with van der Waals surface area (Å²) in [7, 11) is 2.88. The molecule has 6 aliphatic heterocycles. The van der Waals surface area contributed by atoms with Crippen LogP contribution in [0.2, 0.25) is 0 Å². The zero-order valence-corrected chi connectivity index (χ0v) is 21.6. The van der Waals surface area contributed by atoms with E-state index in [1.807, 2.05) is 24.3 Å². The number of unbranched alkanes of at least 4 members (excludes halogenated alkanes) is 2. The van der Waals surface area contributed by atoms with Crippen LogP contribution < -0.4 is 4.90 Å². The minimum absolute atomic E-state index is 0.115. The second kappa shape index (κ2) is 8.85. The van der Waals surface area contributed by atoms with Gasteiger partial charge in [0.05, 0.1) is 31.1 Å². The van der Waals surface area contributed by atoms with Crippen molar-refractivity contribution in [3.8, 4) is 0 Å². The van der Waals surface area contributed by atoms with Crippen molar-refractivity contribution < 1.29 is 29.0 Å². The number of rotatable bonds is 7. The number of fused-ring (bicyclic) bond motifs is 3. The first-order chi connectivity index (χ1) is 17.4. The fourth-order valence-corrected chi connectivity index (χ4v) is 9.59. The van der Waals surface area contributed by atoms with Gasteiger partial charge in [-0.3, -0.25) is 19.3 Å². The molecule has 0 aromatic heterocycles. The molecule has 4 saturated heterocycles. The van der Waals surface area contributed by atoms with Crippen LogP contribution in [-0.4, -0.2) is 55.8 Å². The number of ether oxygens (including phenoxy) is 2. The standard InChI is InChI=1S/C26H28N2O6S2/c1-2-3-4-8-18(29)12-21(30)34-20-10-11-33-15-17-14-26-23(31)27-19-9-6-5-7-16(19)13-25(27,35-36-26)24(32)28(26)22(17)20/h5-7,9-11,15,18,20,22,29H,2-4,8,12-14H2,1H3/t18-,20-,22-,25+,26+/m0/s1. The number of hydrogen-bond acceptors (Lipinski definition) is 8. The van der Waals surface area contributed by atoms with Crippen LogP contribution in [-0.2, 0) is 30.3 Å².